The lowest BCUT2D eigenvalue weighted by Gasteiger charge is -2.19. The number of hydrogen-bond acceptors (Lipinski definition) is 2. The first-order valence-electron chi connectivity index (χ1n) is 7.07. The molecule has 1 N–H and O–H groups in total. The van der Waals surface area contributed by atoms with Crippen LogP contribution < -0.4 is 5.32 Å². The maximum Gasteiger partial charge on any atom is 0.128 e. The summed E-state index contributed by atoms with van der Waals surface area (Å²) in [5.74, 6) is 0.672. The van der Waals surface area contributed by atoms with Crippen LogP contribution in [0.1, 0.15) is 24.9 Å². The number of rotatable bonds is 7. The van der Waals surface area contributed by atoms with Crippen molar-refractivity contribution in [1.82, 2.24) is 5.32 Å². The first-order valence-corrected chi connectivity index (χ1v) is 8.84. The van der Waals surface area contributed by atoms with Gasteiger partial charge in [0.1, 0.15) is 5.82 Å². The second-order valence-electron chi connectivity index (χ2n) is 4.79. The Bertz CT molecular complexity index is 559. The molecular weight excluding hydrogens is 349 g/mol. The first kappa shape index (κ1) is 16.5. The predicted molar refractivity (Wildman–Crippen MR) is 92.3 cm³/mol. The van der Waals surface area contributed by atoms with Gasteiger partial charge < -0.3 is 5.32 Å². The number of halogens is 2. The van der Waals surface area contributed by atoms with Gasteiger partial charge in [0.15, 0.2) is 0 Å². The van der Waals surface area contributed by atoms with E-state index in [9.17, 15) is 4.39 Å². The monoisotopic (exact) mass is 367 g/mol. The van der Waals surface area contributed by atoms with E-state index in [0.717, 1.165) is 28.8 Å². The fourth-order valence-electron chi connectivity index (χ4n) is 2.05. The SMILES string of the molecule is CCCNC(CSc1ccc(Br)cc1)c1ccccc1F. The van der Waals surface area contributed by atoms with Gasteiger partial charge in [-0.3, -0.25) is 0 Å². The van der Waals surface area contributed by atoms with Crippen LogP contribution in [0.15, 0.2) is 57.9 Å². The zero-order valence-corrected chi connectivity index (χ0v) is 14.4. The number of nitrogens with one attached hydrogen (secondary N) is 1. The van der Waals surface area contributed by atoms with Gasteiger partial charge in [0.2, 0.25) is 0 Å². The summed E-state index contributed by atoms with van der Waals surface area (Å²) in [7, 11) is 0. The van der Waals surface area contributed by atoms with E-state index in [1.165, 1.54) is 11.0 Å². The molecular formula is C17H19BrFNS. The van der Waals surface area contributed by atoms with Crippen LogP contribution in [0.2, 0.25) is 0 Å². The van der Waals surface area contributed by atoms with E-state index < -0.39 is 0 Å². The van der Waals surface area contributed by atoms with Crippen molar-refractivity contribution in [2.45, 2.75) is 24.3 Å². The minimum atomic E-state index is -0.137. The molecule has 0 fully saturated rings. The van der Waals surface area contributed by atoms with E-state index in [1.807, 2.05) is 24.3 Å². The Hall–Kier alpha value is -0.840. The van der Waals surface area contributed by atoms with Crippen molar-refractivity contribution in [3.8, 4) is 0 Å². The lowest BCUT2D eigenvalue weighted by molar-refractivity contribution is 0.532. The Morgan fingerprint density at radius 1 is 1.14 bits per heavy atom. The van der Waals surface area contributed by atoms with E-state index in [0.29, 0.717) is 0 Å². The minimum Gasteiger partial charge on any atom is -0.309 e. The summed E-state index contributed by atoms with van der Waals surface area (Å²) in [6, 6.07) is 15.3. The fraction of sp³-hybridized carbons (Fsp3) is 0.294. The highest BCUT2D eigenvalue weighted by molar-refractivity contribution is 9.10. The summed E-state index contributed by atoms with van der Waals surface area (Å²) in [6.07, 6.45) is 1.04. The molecule has 1 nitrogen and oxygen atoms in total. The van der Waals surface area contributed by atoms with Crippen molar-refractivity contribution in [1.29, 1.82) is 0 Å². The van der Waals surface area contributed by atoms with E-state index in [1.54, 1.807) is 17.8 Å². The van der Waals surface area contributed by atoms with Crippen LogP contribution in [0.3, 0.4) is 0 Å². The Morgan fingerprint density at radius 2 is 1.86 bits per heavy atom. The molecule has 4 heteroatoms. The van der Waals surface area contributed by atoms with Gasteiger partial charge in [0, 0.05) is 26.7 Å². The number of benzene rings is 2. The molecule has 0 amide bonds. The smallest absolute Gasteiger partial charge is 0.128 e. The third-order valence-electron chi connectivity index (χ3n) is 3.15. The second-order valence-corrected chi connectivity index (χ2v) is 6.80. The summed E-state index contributed by atoms with van der Waals surface area (Å²) in [5, 5.41) is 3.44. The molecule has 0 aliphatic heterocycles. The maximum absolute atomic E-state index is 14.0. The first-order chi connectivity index (χ1) is 10.2. The summed E-state index contributed by atoms with van der Waals surface area (Å²) >= 11 is 5.18. The van der Waals surface area contributed by atoms with E-state index in [2.05, 4.69) is 40.3 Å². The molecule has 1 unspecified atom stereocenters. The van der Waals surface area contributed by atoms with Gasteiger partial charge in [-0.2, -0.15) is 0 Å². The Labute approximate surface area is 138 Å². The molecule has 0 aromatic heterocycles. The van der Waals surface area contributed by atoms with Crippen molar-refractivity contribution >= 4 is 27.7 Å². The van der Waals surface area contributed by atoms with Crippen molar-refractivity contribution < 1.29 is 4.39 Å². The molecule has 2 aromatic carbocycles. The van der Waals surface area contributed by atoms with Crippen LogP contribution in [0, 0.1) is 5.82 Å². The Kier molecular flexibility index (Phi) is 6.74. The highest BCUT2D eigenvalue weighted by Crippen LogP contribution is 2.27. The highest BCUT2D eigenvalue weighted by Gasteiger charge is 2.15. The van der Waals surface area contributed by atoms with Crippen molar-refractivity contribution in [2.24, 2.45) is 0 Å². The molecule has 0 saturated heterocycles. The van der Waals surface area contributed by atoms with Gasteiger partial charge in [-0.25, -0.2) is 4.39 Å². The molecule has 0 heterocycles. The quantitative estimate of drug-likeness (QED) is 0.655. The zero-order valence-electron chi connectivity index (χ0n) is 12.0. The average Bonchev–Trinajstić information content (AvgIpc) is 2.50. The minimum absolute atomic E-state index is 0.0276. The van der Waals surface area contributed by atoms with Gasteiger partial charge in [0.25, 0.3) is 0 Å². The van der Waals surface area contributed by atoms with Gasteiger partial charge in [-0.1, -0.05) is 41.1 Å². The Balaban J connectivity index is 2.06. The molecule has 2 aromatic rings. The van der Waals surface area contributed by atoms with Crippen LogP contribution >= 0.6 is 27.7 Å². The van der Waals surface area contributed by atoms with Gasteiger partial charge in [0.05, 0.1) is 0 Å². The lowest BCUT2D eigenvalue weighted by Crippen LogP contribution is -2.25. The van der Waals surface area contributed by atoms with Gasteiger partial charge in [-0.15, -0.1) is 11.8 Å². The molecule has 0 spiro atoms. The van der Waals surface area contributed by atoms with E-state index >= 15 is 0 Å². The molecule has 112 valence electrons. The summed E-state index contributed by atoms with van der Waals surface area (Å²) in [5.41, 5.74) is 0.746. The topological polar surface area (TPSA) is 12.0 Å². The average molecular weight is 368 g/mol. The summed E-state index contributed by atoms with van der Waals surface area (Å²) in [6.45, 7) is 3.01. The molecule has 1 atom stereocenters. The molecule has 0 saturated carbocycles. The molecule has 0 bridgehead atoms. The fourth-order valence-corrected chi connectivity index (χ4v) is 3.29. The molecule has 0 radical (unpaired) electrons. The third-order valence-corrected chi connectivity index (χ3v) is 4.79. The summed E-state index contributed by atoms with van der Waals surface area (Å²) < 4.78 is 15.1. The normalized spacial score (nSPS) is 12.3. The maximum atomic E-state index is 14.0. The Morgan fingerprint density at radius 3 is 2.52 bits per heavy atom. The number of hydrogen-bond donors (Lipinski definition) is 1. The molecule has 0 aliphatic carbocycles. The molecule has 0 aliphatic rings. The van der Waals surface area contributed by atoms with Crippen molar-refractivity contribution in [2.75, 3.05) is 12.3 Å². The zero-order chi connectivity index (χ0) is 15.1. The lowest BCUT2D eigenvalue weighted by atomic mass is 10.1. The number of thioether (sulfide) groups is 1. The highest BCUT2D eigenvalue weighted by atomic mass is 79.9. The standard InChI is InChI=1S/C17H19BrFNS/c1-2-11-20-17(15-5-3-4-6-16(15)19)12-21-14-9-7-13(18)8-10-14/h3-10,17,20H,2,11-12H2,1H3. The van der Waals surface area contributed by atoms with Crippen LogP contribution in [-0.2, 0) is 0 Å². The van der Waals surface area contributed by atoms with E-state index in [-0.39, 0.29) is 11.9 Å². The molecule has 2 rings (SSSR count). The van der Waals surface area contributed by atoms with E-state index in [4.69, 9.17) is 0 Å². The van der Waals surface area contributed by atoms with Crippen LogP contribution in [0.4, 0.5) is 4.39 Å². The van der Waals surface area contributed by atoms with Crippen molar-refractivity contribution in [3.05, 3.63) is 64.4 Å². The largest absolute Gasteiger partial charge is 0.309 e. The van der Waals surface area contributed by atoms with Crippen molar-refractivity contribution in [3.63, 3.8) is 0 Å². The third kappa shape index (κ3) is 5.13. The second kappa shape index (κ2) is 8.57. The van der Waals surface area contributed by atoms with Crippen LogP contribution in [0.5, 0.6) is 0 Å². The summed E-state index contributed by atoms with van der Waals surface area (Å²) in [4.78, 5) is 1.19. The molecule has 21 heavy (non-hydrogen) atoms. The van der Waals surface area contributed by atoms with Gasteiger partial charge >= 0.3 is 0 Å². The van der Waals surface area contributed by atoms with Gasteiger partial charge in [-0.05, 0) is 43.3 Å². The predicted octanol–water partition coefficient (Wildman–Crippen LogP) is 5.42. The van der Waals surface area contributed by atoms with Crippen LogP contribution in [0.25, 0.3) is 0 Å². The van der Waals surface area contributed by atoms with Crippen LogP contribution in [-0.4, -0.2) is 12.3 Å².